The van der Waals surface area contributed by atoms with Gasteiger partial charge in [0.05, 0.1) is 12.2 Å². The van der Waals surface area contributed by atoms with Crippen LogP contribution < -0.4 is 16.0 Å². The van der Waals surface area contributed by atoms with Crippen molar-refractivity contribution >= 4 is 23.2 Å². The van der Waals surface area contributed by atoms with Gasteiger partial charge in [0, 0.05) is 17.8 Å². The Labute approximate surface area is 140 Å². The third-order valence-corrected chi connectivity index (χ3v) is 3.28. The van der Waals surface area contributed by atoms with Gasteiger partial charge in [-0.05, 0) is 42.8 Å². The van der Waals surface area contributed by atoms with Gasteiger partial charge in [-0.1, -0.05) is 19.1 Å². The molecule has 0 radical (unpaired) electrons. The summed E-state index contributed by atoms with van der Waals surface area (Å²) in [6.45, 7) is 2.62. The van der Waals surface area contributed by atoms with Gasteiger partial charge < -0.3 is 16.0 Å². The quantitative estimate of drug-likeness (QED) is 0.731. The largest absolute Gasteiger partial charge is 0.376 e. The summed E-state index contributed by atoms with van der Waals surface area (Å²) < 4.78 is 13.4. The minimum atomic E-state index is -0.478. The first kappa shape index (κ1) is 17.5. The first-order chi connectivity index (χ1) is 11.6. The number of halogens is 1. The van der Waals surface area contributed by atoms with Crippen LogP contribution in [0.4, 0.5) is 15.8 Å². The van der Waals surface area contributed by atoms with Crippen molar-refractivity contribution < 1.29 is 14.0 Å². The molecule has 0 heterocycles. The number of para-hydroxylation sites is 1. The molecule has 0 atom stereocenters. The Hall–Kier alpha value is -2.89. The Kier molecular flexibility index (Phi) is 6.31. The van der Waals surface area contributed by atoms with Crippen LogP contribution in [0.3, 0.4) is 0 Å². The van der Waals surface area contributed by atoms with E-state index in [0.29, 0.717) is 17.8 Å². The van der Waals surface area contributed by atoms with E-state index in [1.165, 1.54) is 12.1 Å². The molecule has 0 aliphatic heterocycles. The molecule has 0 spiro atoms. The summed E-state index contributed by atoms with van der Waals surface area (Å²) in [4.78, 5) is 23.6. The van der Waals surface area contributed by atoms with Crippen LogP contribution in [0.15, 0.2) is 48.5 Å². The van der Waals surface area contributed by atoms with E-state index >= 15 is 0 Å². The molecule has 2 rings (SSSR count). The normalized spacial score (nSPS) is 10.1. The van der Waals surface area contributed by atoms with Gasteiger partial charge in [-0.25, -0.2) is 4.39 Å². The van der Waals surface area contributed by atoms with Gasteiger partial charge in [0.2, 0.25) is 5.91 Å². The van der Waals surface area contributed by atoms with Crippen molar-refractivity contribution in [1.82, 2.24) is 5.32 Å². The second kappa shape index (κ2) is 8.67. The van der Waals surface area contributed by atoms with E-state index in [0.717, 1.165) is 6.42 Å². The maximum absolute atomic E-state index is 13.4. The van der Waals surface area contributed by atoms with Crippen molar-refractivity contribution in [3.05, 3.63) is 59.9 Å². The Morgan fingerprint density at radius 2 is 1.75 bits per heavy atom. The minimum absolute atomic E-state index is 0.00425. The zero-order valence-electron chi connectivity index (χ0n) is 13.4. The Morgan fingerprint density at radius 1 is 1.04 bits per heavy atom. The molecule has 6 heteroatoms. The first-order valence-corrected chi connectivity index (χ1v) is 7.76. The molecule has 0 aliphatic carbocycles. The molecule has 0 saturated carbocycles. The molecular formula is C18H20FN3O2. The monoisotopic (exact) mass is 329 g/mol. The summed E-state index contributed by atoms with van der Waals surface area (Å²) >= 11 is 0. The molecule has 2 amide bonds. The summed E-state index contributed by atoms with van der Waals surface area (Å²) in [5.41, 5.74) is 1.41. The summed E-state index contributed by atoms with van der Waals surface area (Å²) in [5, 5.41) is 8.21. The molecule has 0 bridgehead atoms. The molecule has 0 unspecified atom stereocenters. The standard InChI is InChI=1S/C18H20FN3O2/c1-2-11-20-18(24)13-7-9-14(10-8-13)21-12-17(23)22-16-6-4-3-5-15(16)19/h3-10,21H,2,11-12H2,1H3,(H,20,24)(H,22,23). The van der Waals surface area contributed by atoms with Crippen LogP contribution in [0.5, 0.6) is 0 Å². The Morgan fingerprint density at radius 3 is 2.42 bits per heavy atom. The van der Waals surface area contributed by atoms with E-state index in [-0.39, 0.29) is 24.0 Å². The van der Waals surface area contributed by atoms with Crippen molar-refractivity contribution in [2.24, 2.45) is 0 Å². The van der Waals surface area contributed by atoms with Crippen LogP contribution in [0.25, 0.3) is 0 Å². The van der Waals surface area contributed by atoms with Gasteiger partial charge in [0.15, 0.2) is 0 Å². The van der Waals surface area contributed by atoms with Crippen LogP contribution in [-0.4, -0.2) is 24.9 Å². The average Bonchev–Trinajstić information content (AvgIpc) is 2.60. The summed E-state index contributed by atoms with van der Waals surface area (Å²) in [6, 6.07) is 12.8. The smallest absolute Gasteiger partial charge is 0.251 e. The number of benzene rings is 2. The highest BCUT2D eigenvalue weighted by Crippen LogP contribution is 2.13. The number of rotatable bonds is 7. The maximum Gasteiger partial charge on any atom is 0.251 e. The van der Waals surface area contributed by atoms with Gasteiger partial charge in [0.25, 0.3) is 5.91 Å². The molecule has 24 heavy (non-hydrogen) atoms. The lowest BCUT2D eigenvalue weighted by Gasteiger charge is -2.09. The predicted octanol–water partition coefficient (Wildman–Crippen LogP) is 3.02. The van der Waals surface area contributed by atoms with Gasteiger partial charge in [-0.15, -0.1) is 0 Å². The number of carbonyl (C=O) groups is 2. The second-order valence-electron chi connectivity index (χ2n) is 5.21. The molecular weight excluding hydrogens is 309 g/mol. The molecule has 5 nitrogen and oxygen atoms in total. The van der Waals surface area contributed by atoms with Crippen molar-refractivity contribution in [3.63, 3.8) is 0 Å². The lowest BCUT2D eigenvalue weighted by molar-refractivity contribution is -0.114. The van der Waals surface area contributed by atoms with E-state index in [2.05, 4.69) is 16.0 Å². The zero-order chi connectivity index (χ0) is 17.4. The van der Waals surface area contributed by atoms with E-state index in [4.69, 9.17) is 0 Å². The molecule has 3 N–H and O–H groups in total. The van der Waals surface area contributed by atoms with E-state index in [1.54, 1.807) is 36.4 Å². The Balaban J connectivity index is 1.85. The second-order valence-corrected chi connectivity index (χ2v) is 5.21. The van der Waals surface area contributed by atoms with Gasteiger partial charge in [-0.3, -0.25) is 9.59 Å². The van der Waals surface area contributed by atoms with Gasteiger partial charge in [-0.2, -0.15) is 0 Å². The molecule has 0 aromatic heterocycles. The number of amides is 2. The van der Waals surface area contributed by atoms with E-state index < -0.39 is 5.82 Å². The molecule has 2 aromatic rings. The van der Waals surface area contributed by atoms with Crippen LogP contribution in [0.1, 0.15) is 23.7 Å². The summed E-state index contributed by atoms with van der Waals surface area (Å²) in [7, 11) is 0. The molecule has 0 fully saturated rings. The van der Waals surface area contributed by atoms with E-state index in [9.17, 15) is 14.0 Å². The van der Waals surface area contributed by atoms with Crippen LogP contribution >= 0.6 is 0 Å². The van der Waals surface area contributed by atoms with Crippen molar-refractivity contribution in [2.75, 3.05) is 23.7 Å². The van der Waals surface area contributed by atoms with Crippen molar-refractivity contribution in [2.45, 2.75) is 13.3 Å². The molecule has 0 saturated heterocycles. The SMILES string of the molecule is CCCNC(=O)c1ccc(NCC(=O)Nc2ccccc2F)cc1. The van der Waals surface area contributed by atoms with Crippen LogP contribution in [0, 0.1) is 5.82 Å². The fourth-order valence-electron chi connectivity index (χ4n) is 2.02. The fourth-order valence-corrected chi connectivity index (χ4v) is 2.02. The van der Waals surface area contributed by atoms with Crippen molar-refractivity contribution in [1.29, 1.82) is 0 Å². The van der Waals surface area contributed by atoms with E-state index in [1.807, 2.05) is 6.92 Å². The number of carbonyl (C=O) groups excluding carboxylic acids is 2. The Bertz CT molecular complexity index is 702. The topological polar surface area (TPSA) is 70.2 Å². The number of hydrogen-bond acceptors (Lipinski definition) is 3. The minimum Gasteiger partial charge on any atom is -0.376 e. The lowest BCUT2D eigenvalue weighted by atomic mass is 10.2. The summed E-state index contributed by atoms with van der Waals surface area (Å²) in [5.74, 6) is -0.959. The highest BCUT2D eigenvalue weighted by Gasteiger charge is 2.07. The predicted molar refractivity (Wildman–Crippen MR) is 92.6 cm³/mol. The first-order valence-electron chi connectivity index (χ1n) is 7.76. The highest BCUT2D eigenvalue weighted by atomic mass is 19.1. The molecule has 126 valence electrons. The fraction of sp³-hybridized carbons (Fsp3) is 0.222. The number of anilines is 2. The van der Waals surface area contributed by atoms with Gasteiger partial charge in [0.1, 0.15) is 5.82 Å². The maximum atomic E-state index is 13.4. The average molecular weight is 329 g/mol. The molecule has 0 aliphatic rings. The number of hydrogen-bond donors (Lipinski definition) is 3. The highest BCUT2D eigenvalue weighted by molar-refractivity contribution is 5.95. The zero-order valence-corrected chi connectivity index (χ0v) is 13.4. The third kappa shape index (κ3) is 5.08. The summed E-state index contributed by atoms with van der Waals surface area (Å²) in [6.07, 6.45) is 0.877. The third-order valence-electron chi connectivity index (χ3n) is 3.28. The van der Waals surface area contributed by atoms with Gasteiger partial charge >= 0.3 is 0 Å². The number of nitrogens with one attached hydrogen (secondary N) is 3. The van der Waals surface area contributed by atoms with Crippen LogP contribution in [-0.2, 0) is 4.79 Å². The molecule has 2 aromatic carbocycles. The lowest BCUT2D eigenvalue weighted by Crippen LogP contribution is -2.24. The van der Waals surface area contributed by atoms with Crippen molar-refractivity contribution in [3.8, 4) is 0 Å². The van der Waals surface area contributed by atoms with Crippen LogP contribution in [0.2, 0.25) is 0 Å².